The van der Waals surface area contributed by atoms with E-state index in [2.05, 4.69) is 4.98 Å². The van der Waals surface area contributed by atoms with Crippen molar-refractivity contribution in [1.82, 2.24) is 9.55 Å². The van der Waals surface area contributed by atoms with Gasteiger partial charge in [0.25, 0.3) is 0 Å². The third-order valence-electron chi connectivity index (χ3n) is 3.23. The Bertz CT molecular complexity index is 628. The average Bonchev–Trinajstić information content (AvgIpc) is 2.69. The molecular formula is C13H15F4N3. The van der Waals surface area contributed by atoms with Crippen LogP contribution in [0.25, 0.3) is 11.0 Å². The van der Waals surface area contributed by atoms with Crippen LogP contribution in [0.2, 0.25) is 0 Å². The van der Waals surface area contributed by atoms with Gasteiger partial charge in [-0.25, -0.2) is 9.37 Å². The number of fused-ring (bicyclic) bond motifs is 1. The van der Waals surface area contributed by atoms with Crippen LogP contribution in [0.5, 0.6) is 0 Å². The number of nitrogens with zero attached hydrogens (tertiary/aromatic N) is 2. The zero-order valence-electron chi connectivity index (χ0n) is 11.1. The Morgan fingerprint density at radius 3 is 2.50 bits per heavy atom. The molecule has 2 aromatic rings. The van der Waals surface area contributed by atoms with Gasteiger partial charge in [-0.15, -0.1) is 0 Å². The third kappa shape index (κ3) is 2.15. The van der Waals surface area contributed by atoms with Crippen LogP contribution in [-0.2, 0) is 12.1 Å². The predicted octanol–water partition coefficient (Wildman–Crippen LogP) is 3.32. The van der Waals surface area contributed by atoms with Crippen LogP contribution in [0.1, 0.15) is 26.1 Å². The molecule has 0 radical (unpaired) electrons. The van der Waals surface area contributed by atoms with E-state index in [4.69, 9.17) is 5.73 Å². The molecule has 20 heavy (non-hydrogen) atoms. The van der Waals surface area contributed by atoms with E-state index < -0.39 is 17.5 Å². The summed E-state index contributed by atoms with van der Waals surface area (Å²) in [5.41, 5.74) is 3.03. The average molecular weight is 289 g/mol. The SMILES string of the molecule is CCCn1c(C(C)(N)C(F)(F)F)nc2c(F)cccc21. The number of para-hydroxylation sites is 1. The fourth-order valence-corrected chi connectivity index (χ4v) is 2.09. The van der Waals surface area contributed by atoms with Gasteiger partial charge in [-0.1, -0.05) is 13.0 Å². The van der Waals surface area contributed by atoms with Crippen LogP contribution in [0.15, 0.2) is 18.2 Å². The lowest BCUT2D eigenvalue weighted by molar-refractivity contribution is -0.186. The highest BCUT2D eigenvalue weighted by Crippen LogP contribution is 2.37. The van der Waals surface area contributed by atoms with Gasteiger partial charge >= 0.3 is 6.18 Å². The minimum atomic E-state index is -4.67. The Kier molecular flexibility index (Phi) is 3.49. The van der Waals surface area contributed by atoms with Crippen molar-refractivity contribution in [1.29, 1.82) is 0 Å². The van der Waals surface area contributed by atoms with Gasteiger partial charge in [0.05, 0.1) is 5.52 Å². The highest BCUT2D eigenvalue weighted by atomic mass is 19.4. The summed E-state index contributed by atoms with van der Waals surface area (Å²) in [4.78, 5) is 3.81. The number of imidazole rings is 1. The molecule has 7 heteroatoms. The van der Waals surface area contributed by atoms with E-state index in [9.17, 15) is 17.6 Å². The first kappa shape index (κ1) is 14.8. The molecule has 1 unspecified atom stereocenters. The molecule has 0 aliphatic carbocycles. The maximum absolute atomic E-state index is 13.7. The second-order valence-corrected chi connectivity index (χ2v) is 4.89. The number of hydrogen-bond acceptors (Lipinski definition) is 2. The number of nitrogens with two attached hydrogens (primary N) is 1. The number of aromatic nitrogens is 2. The fraction of sp³-hybridized carbons (Fsp3) is 0.462. The topological polar surface area (TPSA) is 43.8 Å². The Labute approximate surface area is 113 Å². The molecule has 0 saturated carbocycles. The normalized spacial score (nSPS) is 15.6. The Morgan fingerprint density at radius 2 is 1.95 bits per heavy atom. The first-order valence-electron chi connectivity index (χ1n) is 6.21. The molecule has 0 bridgehead atoms. The summed E-state index contributed by atoms with van der Waals surface area (Å²) in [6, 6.07) is 4.14. The number of aryl methyl sites for hydroxylation is 1. The molecule has 1 aromatic carbocycles. The number of hydrogen-bond donors (Lipinski definition) is 1. The number of alkyl halides is 3. The van der Waals surface area contributed by atoms with Gasteiger partial charge in [-0.3, -0.25) is 0 Å². The zero-order valence-corrected chi connectivity index (χ0v) is 11.1. The minimum absolute atomic E-state index is 0.0862. The first-order chi connectivity index (χ1) is 9.20. The zero-order chi connectivity index (χ0) is 15.1. The fourth-order valence-electron chi connectivity index (χ4n) is 2.09. The van der Waals surface area contributed by atoms with Crippen LogP contribution >= 0.6 is 0 Å². The van der Waals surface area contributed by atoms with Crippen molar-refractivity contribution in [2.24, 2.45) is 5.73 Å². The largest absolute Gasteiger partial charge is 0.413 e. The molecule has 110 valence electrons. The molecule has 3 nitrogen and oxygen atoms in total. The van der Waals surface area contributed by atoms with Crippen molar-refractivity contribution in [3.63, 3.8) is 0 Å². The molecule has 0 fully saturated rings. The quantitative estimate of drug-likeness (QED) is 0.881. The van der Waals surface area contributed by atoms with E-state index in [-0.39, 0.29) is 17.9 Å². The molecule has 2 rings (SSSR count). The lowest BCUT2D eigenvalue weighted by atomic mass is 10.0. The number of rotatable bonds is 3. The molecule has 0 amide bonds. The predicted molar refractivity (Wildman–Crippen MR) is 67.6 cm³/mol. The standard InChI is InChI=1S/C13H15F4N3/c1-3-7-20-9-6-4-5-8(14)10(9)19-11(20)12(2,18)13(15,16)17/h4-6H,3,7,18H2,1-2H3. The van der Waals surface area contributed by atoms with E-state index in [1.165, 1.54) is 16.7 Å². The Hall–Kier alpha value is -1.63. The molecule has 0 spiro atoms. The molecule has 1 heterocycles. The van der Waals surface area contributed by atoms with E-state index >= 15 is 0 Å². The first-order valence-corrected chi connectivity index (χ1v) is 6.21. The number of halogens is 4. The summed E-state index contributed by atoms with van der Waals surface area (Å²) in [6.07, 6.45) is -4.08. The van der Waals surface area contributed by atoms with E-state index in [0.29, 0.717) is 11.9 Å². The Balaban J connectivity index is 2.76. The summed E-state index contributed by atoms with van der Waals surface area (Å²) >= 11 is 0. The van der Waals surface area contributed by atoms with Crippen LogP contribution in [0, 0.1) is 5.82 Å². The summed E-state index contributed by atoms with van der Waals surface area (Å²) < 4.78 is 54.3. The van der Waals surface area contributed by atoms with Gasteiger partial charge < -0.3 is 10.3 Å². The molecular weight excluding hydrogens is 274 g/mol. The van der Waals surface area contributed by atoms with Crippen molar-refractivity contribution in [3.05, 3.63) is 29.8 Å². The monoisotopic (exact) mass is 289 g/mol. The summed E-state index contributed by atoms with van der Waals surface area (Å²) in [6.45, 7) is 2.95. The molecule has 0 aliphatic rings. The van der Waals surface area contributed by atoms with Gasteiger partial charge in [0.1, 0.15) is 11.3 Å². The molecule has 0 saturated heterocycles. The van der Waals surface area contributed by atoms with E-state index in [0.717, 1.165) is 13.0 Å². The summed E-state index contributed by atoms with van der Waals surface area (Å²) in [5.74, 6) is -1.02. The van der Waals surface area contributed by atoms with Gasteiger partial charge in [-0.05, 0) is 25.5 Å². The molecule has 1 atom stereocenters. The maximum Gasteiger partial charge on any atom is 0.413 e. The van der Waals surface area contributed by atoms with Crippen LogP contribution in [-0.4, -0.2) is 15.7 Å². The maximum atomic E-state index is 13.7. The molecule has 2 N–H and O–H groups in total. The van der Waals surface area contributed by atoms with Gasteiger partial charge in [0.2, 0.25) is 0 Å². The van der Waals surface area contributed by atoms with E-state index in [1.807, 2.05) is 6.92 Å². The highest BCUT2D eigenvalue weighted by Gasteiger charge is 2.52. The minimum Gasteiger partial charge on any atom is -0.326 e. The summed E-state index contributed by atoms with van der Waals surface area (Å²) in [5, 5.41) is 0. The van der Waals surface area contributed by atoms with Crippen molar-refractivity contribution in [3.8, 4) is 0 Å². The number of benzene rings is 1. The van der Waals surface area contributed by atoms with Crippen molar-refractivity contribution >= 4 is 11.0 Å². The van der Waals surface area contributed by atoms with Crippen LogP contribution in [0.4, 0.5) is 17.6 Å². The van der Waals surface area contributed by atoms with Crippen LogP contribution in [0.3, 0.4) is 0 Å². The van der Waals surface area contributed by atoms with Gasteiger partial charge in [-0.2, -0.15) is 13.2 Å². The van der Waals surface area contributed by atoms with Crippen molar-refractivity contribution < 1.29 is 17.6 Å². The second-order valence-electron chi connectivity index (χ2n) is 4.89. The van der Waals surface area contributed by atoms with E-state index in [1.54, 1.807) is 0 Å². The highest BCUT2D eigenvalue weighted by molar-refractivity contribution is 5.77. The molecule has 0 aliphatic heterocycles. The summed E-state index contributed by atoms with van der Waals surface area (Å²) in [7, 11) is 0. The van der Waals surface area contributed by atoms with Crippen LogP contribution < -0.4 is 5.73 Å². The smallest absolute Gasteiger partial charge is 0.326 e. The Morgan fingerprint density at radius 1 is 1.30 bits per heavy atom. The van der Waals surface area contributed by atoms with Crippen molar-refractivity contribution in [2.75, 3.05) is 0 Å². The van der Waals surface area contributed by atoms with Gasteiger partial charge in [0, 0.05) is 6.54 Å². The lowest BCUT2D eigenvalue weighted by Gasteiger charge is -2.27. The molecule has 1 aromatic heterocycles. The van der Waals surface area contributed by atoms with Gasteiger partial charge in [0.15, 0.2) is 11.4 Å². The second kappa shape index (κ2) is 4.73. The van der Waals surface area contributed by atoms with Crippen molar-refractivity contribution in [2.45, 2.75) is 38.5 Å². The lowest BCUT2D eigenvalue weighted by Crippen LogP contribution is -2.49. The third-order valence-corrected chi connectivity index (χ3v) is 3.23.